The van der Waals surface area contributed by atoms with Gasteiger partial charge in [-0.25, -0.2) is 4.98 Å². The van der Waals surface area contributed by atoms with Crippen LogP contribution >= 0.6 is 0 Å². The van der Waals surface area contributed by atoms with E-state index in [1.165, 1.54) is 13.0 Å². The van der Waals surface area contributed by atoms with Gasteiger partial charge in [-0.15, -0.1) is 0 Å². The van der Waals surface area contributed by atoms with Crippen molar-refractivity contribution in [2.24, 2.45) is 5.92 Å². The van der Waals surface area contributed by atoms with Crippen LogP contribution in [0.15, 0.2) is 36.5 Å². The predicted octanol–water partition coefficient (Wildman–Crippen LogP) is 4.74. The number of pyridine rings is 1. The molecule has 1 saturated carbocycles. The standard InChI is InChI=1S/C28H36F3N3O3/c1-17(2)10-20-12-22-24(14-27(8-5-9-27)37-26(22)33-15-20)32-16-25(36)23(34-18(3)35)13-19-6-4-7-21(11-19)28(29,30)31/h4,6-7,11-12,15,17,23-25,32,36H,5,8-10,13-14,16H2,1-3H3,(H,34,35)/t23-,24-,25-/m0/s1. The Morgan fingerprint density at radius 2 is 1.97 bits per heavy atom. The van der Waals surface area contributed by atoms with E-state index in [1.807, 2.05) is 6.20 Å². The summed E-state index contributed by atoms with van der Waals surface area (Å²) >= 11 is 0. The first-order valence-electron chi connectivity index (χ1n) is 13.0. The zero-order chi connectivity index (χ0) is 26.8. The first kappa shape index (κ1) is 27.4. The highest BCUT2D eigenvalue weighted by Gasteiger charge is 2.46. The van der Waals surface area contributed by atoms with Crippen LogP contribution in [0.4, 0.5) is 13.2 Å². The molecule has 1 spiro atoms. The maximum absolute atomic E-state index is 13.2. The number of hydrogen-bond donors (Lipinski definition) is 3. The van der Waals surface area contributed by atoms with Gasteiger partial charge < -0.3 is 20.5 Å². The highest BCUT2D eigenvalue weighted by molar-refractivity contribution is 5.73. The van der Waals surface area contributed by atoms with Crippen molar-refractivity contribution in [1.82, 2.24) is 15.6 Å². The highest BCUT2D eigenvalue weighted by atomic mass is 19.4. The van der Waals surface area contributed by atoms with Crippen LogP contribution in [-0.2, 0) is 23.8 Å². The lowest BCUT2D eigenvalue weighted by Crippen LogP contribution is -2.52. The molecule has 3 N–H and O–H groups in total. The van der Waals surface area contributed by atoms with Gasteiger partial charge in [0.05, 0.1) is 17.7 Å². The zero-order valence-electron chi connectivity index (χ0n) is 21.6. The van der Waals surface area contributed by atoms with Gasteiger partial charge in [-0.3, -0.25) is 4.79 Å². The SMILES string of the molecule is CC(=O)N[C@@H](Cc1cccc(C(F)(F)F)c1)[C@@H](O)CN[C@H]1CC2(CCC2)Oc2ncc(CC(C)C)cc21. The molecule has 1 aliphatic carbocycles. The monoisotopic (exact) mass is 519 g/mol. The molecular formula is C28H36F3N3O3. The minimum Gasteiger partial charge on any atom is -0.471 e. The minimum atomic E-state index is -4.46. The largest absolute Gasteiger partial charge is 0.471 e. The molecule has 1 fully saturated rings. The number of carbonyl (C=O) groups is 1. The van der Waals surface area contributed by atoms with E-state index >= 15 is 0 Å². The molecule has 37 heavy (non-hydrogen) atoms. The molecule has 1 aliphatic heterocycles. The fraction of sp³-hybridized carbons (Fsp3) is 0.571. The van der Waals surface area contributed by atoms with Crippen molar-refractivity contribution in [3.8, 4) is 5.88 Å². The molecule has 3 atom stereocenters. The molecule has 0 bridgehead atoms. The van der Waals surface area contributed by atoms with E-state index in [0.29, 0.717) is 17.4 Å². The smallest absolute Gasteiger partial charge is 0.416 e. The number of benzene rings is 1. The van der Waals surface area contributed by atoms with Crippen molar-refractivity contribution >= 4 is 5.91 Å². The van der Waals surface area contributed by atoms with E-state index in [-0.39, 0.29) is 30.5 Å². The average molecular weight is 520 g/mol. The van der Waals surface area contributed by atoms with Crippen LogP contribution in [0.5, 0.6) is 5.88 Å². The second-order valence-corrected chi connectivity index (χ2v) is 10.9. The van der Waals surface area contributed by atoms with E-state index in [4.69, 9.17) is 4.74 Å². The van der Waals surface area contributed by atoms with Gasteiger partial charge in [-0.1, -0.05) is 32.0 Å². The number of aliphatic hydroxyl groups excluding tert-OH is 1. The molecule has 2 heterocycles. The molecule has 4 rings (SSSR count). The summed E-state index contributed by atoms with van der Waals surface area (Å²) in [6.07, 6.45) is 1.09. The summed E-state index contributed by atoms with van der Waals surface area (Å²) in [5.74, 6) is 0.737. The first-order valence-corrected chi connectivity index (χ1v) is 13.0. The molecule has 2 aromatic rings. The van der Waals surface area contributed by atoms with Crippen LogP contribution < -0.4 is 15.4 Å². The number of nitrogens with one attached hydrogen (secondary N) is 2. The summed E-state index contributed by atoms with van der Waals surface area (Å²) in [6, 6.07) is 6.25. The number of halogens is 3. The molecule has 0 unspecified atom stereocenters. The Morgan fingerprint density at radius 3 is 2.59 bits per heavy atom. The van der Waals surface area contributed by atoms with E-state index in [1.54, 1.807) is 6.07 Å². The summed E-state index contributed by atoms with van der Waals surface area (Å²) in [4.78, 5) is 16.5. The first-order chi connectivity index (χ1) is 17.4. The number of aromatic nitrogens is 1. The molecule has 2 aliphatic rings. The van der Waals surface area contributed by atoms with E-state index in [0.717, 1.165) is 55.4 Å². The van der Waals surface area contributed by atoms with Crippen LogP contribution in [0.2, 0.25) is 0 Å². The third kappa shape index (κ3) is 6.82. The predicted molar refractivity (Wildman–Crippen MR) is 134 cm³/mol. The Hall–Kier alpha value is -2.65. The molecule has 202 valence electrons. The Labute approximate surface area is 216 Å². The number of fused-ring (bicyclic) bond motifs is 1. The van der Waals surface area contributed by atoms with E-state index in [2.05, 4.69) is 35.5 Å². The van der Waals surface area contributed by atoms with Gasteiger partial charge in [-0.2, -0.15) is 13.2 Å². The Morgan fingerprint density at radius 1 is 1.22 bits per heavy atom. The average Bonchev–Trinajstić information content (AvgIpc) is 2.80. The number of nitrogens with zero attached hydrogens (tertiary/aromatic N) is 1. The number of ether oxygens (including phenoxy) is 1. The lowest BCUT2D eigenvalue weighted by atomic mass is 9.73. The van der Waals surface area contributed by atoms with Crippen LogP contribution in [0, 0.1) is 5.92 Å². The molecule has 0 radical (unpaired) electrons. The Balaban J connectivity index is 1.50. The van der Waals surface area contributed by atoms with E-state index < -0.39 is 23.9 Å². The van der Waals surface area contributed by atoms with Gasteiger partial charge in [0.25, 0.3) is 0 Å². The maximum atomic E-state index is 13.2. The summed E-state index contributed by atoms with van der Waals surface area (Å²) < 4.78 is 45.8. The van der Waals surface area contributed by atoms with Crippen molar-refractivity contribution in [1.29, 1.82) is 0 Å². The van der Waals surface area contributed by atoms with Crippen molar-refractivity contribution in [2.45, 2.75) is 89.3 Å². The number of rotatable bonds is 9. The summed E-state index contributed by atoms with van der Waals surface area (Å²) in [6.45, 7) is 5.78. The number of carbonyl (C=O) groups excluding carboxylic acids is 1. The third-order valence-electron chi connectivity index (χ3n) is 7.25. The number of aliphatic hydroxyl groups is 1. The fourth-order valence-corrected chi connectivity index (χ4v) is 5.30. The number of amides is 1. The highest BCUT2D eigenvalue weighted by Crippen LogP contribution is 2.48. The minimum absolute atomic E-state index is 0.0702. The van der Waals surface area contributed by atoms with E-state index in [9.17, 15) is 23.1 Å². The maximum Gasteiger partial charge on any atom is 0.416 e. The lowest BCUT2D eigenvalue weighted by Gasteiger charge is -2.47. The number of alkyl halides is 3. The number of hydrogen-bond acceptors (Lipinski definition) is 5. The second kappa shape index (κ2) is 11.0. The fourth-order valence-electron chi connectivity index (χ4n) is 5.30. The van der Waals surface area contributed by atoms with Gasteiger partial charge in [-0.05, 0) is 61.3 Å². The topological polar surface area (TPSA) is 83.5 Å². The second-order valence-electron chi connectivity index (χ2n) is 10.9. The van der Waals surface area contributed by atoms with Gasteiger partial charge in [0.2, 0.25) is 11.8 Å². The molecule has 6 nitrogen and oxygen atoms in total. The molecule has 0 saturated heterocycles. The molecule has 1 aromatic heterocycles. The summed E-state index contributed by atoms with van der Waals surface area (Å²) in [7, 11) is 0. The normalized spacial score (nSPS) is 20.1. The van der Waals surface area contributed by atoms with Crippen molar-refractivity contribution in [3.05, 3.63) is 58.8 Å². The van der Waals surface area contributed by atoms with Crippen molar-refractivity contribution in [2.75, 3.05) is 6.54 Å². The van der Waals surface area contributed by atoms with Crippen LogP contribution in [-0.4, -0.2) is 40.3 Å². The van der Waals surface area contributed by atoms with Crippen LogP contribution in [0.25, 0.3) is 0 Å². The van der Waals surface area contributed by atoms with Gasteiger partial charge in [0.15, 0.2) is 0 Å². The lowest BCUT2D eigenvalue weighted by molar-refractivity contribution is -0.137. The Bertz CT molecular complexity index is 1100. The molecule has 1 aromatic carbocycles. The van der Waals surface area contributed by atoms with Gasteiger partial charge in [0, 0.05) is 37.7 Å². The van der Waals surface area contributed by atoms with Crippen molar-refractivity contribution in [3.63, 3.8) is 0 Å². The third-order valence-corrected chi connectivity index (χ3v) is 7.25. The van der Waals surface area contributed by atoms with Crippen molar-refractivity contribution < 1.29 is 27.8 Å². The van der Waals surface area contributed by atoms with Crippen LogP contribution in [0.1, 0.15) is 74.8 Å². The molecule has 9 heteroatoms. The van der Waals surface area contributed by atoms with Gasteiger partial charge in [0.1, 0.15) is 5.60 Å². The Kier molecular flexibility index (Phi) is 8.14. The zero-order valence-corrected chi connectivity index (χ0v) is 21.6. The summed E-state index contributed by atoms with van der Waals surface area (Å²) in [5, 5.41) is 17.2. The summed E-state index contributed by atoms with van der Waals surface area (Å²) in [5.41, 5.74) is 1.46. The quantitative estimate of drug-likeness (QED) is 0.446. The van der Waals surface area contributed by atoms with Gasteiger partial charge >= 0.3 is 6.18 Å². The molecular weight excluding hydrogens is 483 g/mol. The molecule has 1 amide bonds. The van der Waals surface area contributed by atoms with Crippen LogP contribution in [0.3, 0.4) is 0 Å².